The van der Waals surface area contributed by atoms with Crippen LogP contribution < -0.4 is 4.90 Å². The minimum absolute atomic E-state index is 0.0521. The lowest BCUT2D eigenvalue weighted by Gasteiger charge is -2.17. The fourth-order valence-electron chi connectivity index (χ4n) is 2.94. The van der Waals surface area contributed by atoms with Crippen LogP contribution in [0.5, 0.6) is 0 Å². The highest BCUT2D eigenvalue weighted by Crippen LogP contribution is 2.27. The molecule has 1 fully saturated rings. The van der Waals surface area contributed by atoms with Gasteiger partial charge in [-0.1, -0.05) is 18.2 Å². The van der Waals surface area contributed by atoms with Gasteiger partial charge < -0.3 is 9.64 Å². The molecule has 0 bridgehead atoms. The predicted octanol–water partition coefficient (Wildman–Crippen LogP) is 1.04. The molecule has 1 aromatic rings. The first kappa shape index (κ1) is 17.3. The van der Waals surface area contributed by atoms with E-state index in [-0.39, 0.29) is 35.0 Å². The fraction of sp³-hybridized carbons (Fsp3) is 0.500. The second-order valence-electron chi connectivity index (χ2n) is 5.92. The molecule has 0 aromatic heterocycles. The summed E-state index contributed by atoms with van der Waals surface area (Å²) in [5, 5.41) is -0.0521. The SMILES string of the molecule is O=C(CS[C@H]1CCS(=O)(=O)C1)OCC(=O)N1CCc2ccccc21. The van der Waals surface area contributed by atoms with Gasteiger partial charge >= 0.3 is 5.97 Å². The molecule has 0 saturated carbocycles. The van der Waals surface area contributed by atoms with Crippen LogP contribution in [0.25, 0.3) is 0 Å². The maximum Gasteiger partial charge on any atom is 0.316 e. The van der Waals surface area contributed by atoms with E-state index in [4.69, 9.17) is 4.74 Å². The highest BCUT2D eigenvalue weighted by atomic mass is 32.2. The van der Waals surface area contributed by atoms with Gasteiger partial charge in [-0.05, 0) is 24.5 Å². The van der Waals surface area contributed by atoms with Crippen LogP contribution in [0.3, 0.4) is 0 Å². The Bertz CT molecular complexity index is 747. The molecule has 0 aliphatic carbocycles. The number of sulfone groups is 1. The summed E-state index contributed by atoms with van der Waals surface area (Å²) in [5.41, 5.74) is 2.00. The second-order valence-corrected chi connectivity index (χ2v) is 9.44. The number of nitrogens with zero attached hydrogens (tertiary/aromatic N) is 1. The van der Waals surface area contributed by atoms with Gasteiger partial charge in [0.2, 0.25) is 0 Å². The maximum absolute atomic E-state index is 12.2. The molecule has 6 nitrogen and oxygen atoms in total. The van der Waals surface area contributed by atoms with E-state index in [2.05, 4.69) is 0 Å². The standard InChI is InChI=1S/C16H19NO5S2/c18-15(17-7-5-12-3-1-2-4-14(12)17)9-22-16(19)10-23-13-6-8-24(20,21)11-13/h1-4,13H,5-11H2/t13-/m0/s1. The van der Waals surface area contributed by atoms with Crippen molar-refractivity contribution in [2.75, 3.05) is 35.3 Å². The molecule has 1 amide bonds. The third-order valence-corrected chi connectivity index (χ3v) is 7.43. The highest BCUT2D eigenvalue weighted by Gasteiger charge is 2.29. The molecule has 130 valence electrons. The zero-order valence-electron chi connectivity index (χ0n) is 13.1. The number of para-hydroxylation sites is 1. The minimum atomic E-state index is -2.94. The summed E-state index contributed by atoms with van der Waals surface area (Å²) >= 11 is 1.29. The smallest absolute Gasteiger partial charge is 0.316 e. The van der Waals surface area contributed by atoms with Crippen molar-refractivity contribution < 1.29 is 22.7 Å². The van der Waals surface area contributed by atoms with Crippen LogP contribution in [0.15, 0.2) is 24.3 Å². The van der Waals surface area contributed by atoms with E-state index in [9.17, 15) is 18.0 Å². The van der Waals surface area contributed by atoms with Gasteiger partial charge in [0, 0.05) is 17.5 Å². The van der Waals surface area contributed by atoms with Crippen molar-refractivity contribution in [1.29, 1.82) is 0 Å². The molecule has 1 atom stereocenters. The van der Waals surface area contributed by atoms with E-state index < -0.39 is 15.8 Å². The summed E-state index contributed by atoms with van der Waals surface area (Å²) < 4.78 is 27.8. The van der Waals surface area contributed by atoms with Crippen molar-refractivity contribution >= 4 is 39.2 Å². The number of ether oxygens (including phenoxy) is 1. The van der Waals surface area contributed by atoms with Crippen LogP contribution in [0.2, 0.25) is 0 Å². The summed E-state index contributed by atoms with van der Waals surface area (Å²) in [5.74, 6) is -0.336. The Labute approximate surface area is 145 Å². The zero-order valence-corrected chi connectivity index (χ0v) is 14.8. The van der Waals surface area contributed by atoms with Crippen LogP contribution in [-0.4, -0.2) is 56.0 Å². The van der Waals surface area contributed by atoms with E-state index >= 15 is 0 Å². The Morgan fingerprint density at radius 1 is 1.29 bits per heavy atom. The average molecular weight is 369 g/mol. The normalized spacial score (nSPS) is 21.5. The molecule has 1 saturated heterocycles. The van der Waals surface area contributed by atoms with Crippen LogP contribution in [0.4, 0.5) is 5.69 Å². The van der Waals surface area contributed by atoms with E-state index in [1.54, 1.807) is 4.90 Å². The third kappa shape index (κ3) is 4.10. The molecule has 2 aliphatic rings. The first-order valence-electron chi connectivity index (χ1n) is 7.80. The number of thioether (sulfide) groups is 1. The van der Waals surface area contributed by atoms with Crippen molar-refractivity contribution in [2.45, 2.75) is 18.1 Å². The third-order valence-electron chi connectivity index (χ3n) is 4.17. The molecule has 0 unspecified atom stereocenters. The first-order valence-corrected chi connectivity index (χ1v) is 10.7. The molecule has 0 N–H and O–H groups in total. The number of benzene rings is 1. The molecule has 0 radical (unpaired) electrons. The van der Waals surface area contributed by atoms with Crippen LogP contribution in [0.1, 0.15) is 12.0 Å². The van der Waals surface area contributed by atoms with Crippen molar-refractivity contribution in [3.8, 4) is 0 Å². The Morgan fingerprint density at radius 2 is 2.08 bits per heavy atom. The van der Waals surface area contributed by atoms with Gasteiger partial charge in [0.1, 0.15) is 0 Å². The summed E-state index contributed by atoms with van der Waals surface area (Å²) in [4.78, 5) is 25.6. The summed E-state index contributed by atoms with van der Waals surface area (Å²) in [6.45, 7) is 0.321. The Balaban J connectivity index is 1.43. The molecule has 0 spiro atoms. The number of hydrogen-bond donors (Lipinski definition) is 0. The Kier molecular flexibility index (Phi) is 5.15. The van der Waals surface area contributed by atoms with Crippen molar-refractivity contribution in [2.24, 2.45) is 0 Å². The molecule has 8 heteroatoms. The van der Waals surface area contributed by atoms with Gasteiger partial charge in [0.15, 0.2) is 16.4 Å². The number of fused-ring (bicyclic) bond motifs is 1. The van der Waals surface area contributed by atoms with Gasteiger partial charge in [-0.3, -0.25) is 9.59 Å². The van der Waals surface area contributed by atoms with Gasteiger partial charge in [-0.2, -0.15) is 0 Å². The minimum Gasteiger partial charge on any atom is -0.455 e. The fourth-order valence-corrected chi connectivity index (χ4v) is 6.38. The molecule has 3 rings (SSSR count). The lowest BCUT2D eigenvalue weighted by Crippen LogP contribution is -2.33. The van der Waals surface area contributed by atoms with Crippen molar-refractivity contribution in [1.82, 2.24) is 0 Å². The first-order chi connectivity index (χ1) is 11.4. The van der Waals surface area contributed by atoms with E-state index in [1.165, 1.54) is 11.8 Å². The number of amides is 1. The Hall–Kier alpha value is -1.54. The maximum atomic E-state index is 12.2. The van der Waals surface area contributed by atoms with Crippen molar-refractivity contribution in [3.63, 3.8) is 0 Å². The number of anilines is 1. The van der Waals surface area contributed by atoms with E-state index in [0.29, 0.717) is 13.0 Å². The van der Waals surface area contributed by atoms with Crippen LogP contribution in [0, 0.1) is 0 Å². The molecular weight excluding hydrogens is 350 g/mol. The number of carbonyl (C=O) groups excluding carboxylic acids is 2. The molecular formula is C16H19NO5S2. The molecule has 2 heterocycles. The van der Waals surface area contributed by atoms with Gasteiger partial charge in [-0.25, -0.2) is 8.42 Å². The number of rotatable bonds is 5. The van der Waals surface area contributed by atoms with Gasteiger partial charge in [0.25, 0.3) is 5.91 Å². The molecule has 2 aliphatic heterocycles. The summed E-state index contributed by atoms with van der Waals surface area (Å²) in [6, 6.07) is 7.69. The van der Waals surface area contributed by atoms with E-state index in [1.807, 2.05) is 24.3 Å². The topological polar surface area (TPSA) is 80.7 Å². The second kappa shape index (κ2) is 7.14. The number of esters is 1. The lowest BCUT2D eigenvalue weighted by atomic mass is 10.2. The van der Waals surface area contributed by atoms with Crippen LogP contribution >= 0.6 is 11.8 Å². The monoisotopic (exact) mass is 369 g/mol. The number of hydrogen-bond acceptors (Lipinski definition) is 6. The number of carbonyl (C=O) groups is 2. The van der Waals surface area contributed by atoms with Crippen LogP contribution in [-0.2, 0) is 30.6 Å². The Morgan fingerprint density at radius 3 is 2.83 bits per heavy atom. The average Bonchev–Trinajstić information content (AvgIpc) is 3.13. The van der Waals surface area contributed by atoms with E-state index in [0.717, 1.165) is 17.7 Å². The molecule has 1 aromatic carbocycles. The quantitative estimate of drug-likeness (QED) is 0.722. The summed E-state index contributed by atoms with van der Waals surface area (Å²) in [7, 11) is -2.94. The van der Waals surface area contributed by atoms with Gasteiger partial charge in [-0.15, -0.1) is 11.8 Å². The largest absolute Gasteiger partial charge is 0.455 e. The summed E-state index contributed by atoms with van der Waals surface area (Å²) in [6.07, 6.45) is 1.38. The van der Waals surface area contributed by atoms with Gasteiger partial charge in [0.05, 0.1) is 17.3 Å². The predicted molar refractivity (Wildman–Crippen MR) is 93.0 cm³/mol. The lowest BCUT2D eigenvalue weighted by molar-refractivity contribution is -0.145. The highest BCUT2D eigenvalue weighted by molar-refractivity contribution is 8.02. The van der Waals surface area contributed by atoms with Crippen molar-refractivity contribution in [3.05, 3.63) is 29.8 Å². The zero-order chi connectivity index (χ0) is 17.2. The molecule has 24 heavy (non-hydrogen) atoms.